The number of hydrogen-bond donors (Lipinski definition) is 1. The van der Waals surface area contributed by atoms with Gasteiger partial charge in [0.1, 0.15) is 12.2 Å². The summed E-state index contributed by atoms with van der Waals surface area (Å²) in [6.45, 7) is 19.4. The lowest BCUT2D eigenvalue weighted by Crippen LogP contribution is -2.56. The minimum absolute atomic E-state index is 0.0464. The Bertz CT molecular complexity index is 1190. The molecule has 0 bridgehead atoms. The van der Waals surface area contributed by atoms with Gasteiger partial charge in [-0.1, -0.05) is 73.6 Å². The number of aliphatic carboxylic acids is 1. The minimum Gasteiger partial charge on any atom is -0.478 e. The summed E-state index contributed by atoms with van der Waals surface area (Å²) < 4.78 is 12.3. The number of carboxylic acid groups (broad SMARTS) is 1. The lowest BCUT2D eigenvalue weighted by molar-refractivity contribution is -0.168. The molecule has 0 spiro atoms. The number of hydrogen-bond acceptors (Lipinski definition) is 5. The highest BCUT2D eigenvalue weighted by molar-refractivity contribution is 5.85. The molecule has 0 heterocycles. The fraction of sp³-hybridized carbons (Fsp3) is 0.750. The molecule has 0 radical (unpaired) electrons. The fourth-order valence-corrected chi connectivity index (χ4v) is 9.61. The summed E-state index contributed by atoms with van der Waals surface area (Å²) >= 11 is 0. The molecule has 0 unspecified atom stereocenters. The van der Waals surface area contributed by atoms with Crippen molar-refractivity contribution in [1.82, 2.24) is 0 Å². The van der Waals surface area contributed by atoms with E-state index in [0.717, 1.165) is 44.9 Å². The largest absolute Gasteiger partial charge is 0.478 e. The Kier molecular flexibility index (Phi) is 9.00. The molecule has 0 saturated heterocycles. The summed E-state index contributed by atoms with van der Waals surface area (Å²) in [6, 6.07) is 0. The Morgan fingerprint density at radius 1 is 1.00 bits per heavy atom. The number of allylic oxidation sites excluding steroid dienone is 4. The number of carboxylic acids is 1. The summed E-state index contributed by atoms with van der Waals surface area (Å²) in [7, 11) is 0. The summed E-state index contributed by atoms with van der Waals surface area (Å²) in [6.07, 6.45) is 13.3. The van der Waals surface area contributed by atoms with E-state index in [4.69, 9.17) is 9.47 Å². The molecule has 0 aromatic rings. The molecule has 2 fully saturated rings. The Balaban J connectivity index is 1.71. The number of esters is 2. The Morgan fingerprint density at radius 3 is 2.21 bits per heavy atom. The lowest BCUT2D eigenvalue weighted by Gasteiger charge is -2.61. The van der Waals surface area contributed by atoms with E-state index >= 15 is 0 Å². The predicted molar refractivity (Wildman–Crippen MR) is 164 cm³/mol. The second-order valence-electron chi connectivity index (χ2n) is 14.9. The van der Waals surface area contributed by atoms with E-state index in [1.54, 1.807) is 6.92 Å². The van der Waals surface area contributed by atoms with Crippen LogP contribution in [0, 0.1) is 39.4 Å². The van der Waals surface area contributed by atoms with Crippen LogP contribution in [0.25, 0.3) is 0 Å². The van der Waals surface area contributed by atoms with Gasteiger partial charge in [0, 0.05) is 29.2 Å². The average molecular weight is 583 g/mol. The number of rotatable bonds is 9. The van der Waals surface area contributed by atoms with Crippen molar-refractivity contribution in [3.05, 3.63) is 34.9 Å². The van der Waals surface area contributed by atoms with E-state index in [2.05, 4.69) is 53.7 Å². The first kappa shape index (κ1) is 32.5. The second kappa shape index (κ2) is 11.6. The molecule has 2 saturated carbocycles. The van der Waals surface area contributed by atoms with Gasteiger partial charge in [-0.05, 0) is 91.6 Å². The first-order valence-electron chi connectivity index (χ1n) is 16.3. The maximum Gasteiger partial charge on any atom is 0.330 e. The van der Waals surface area contributed by atoms with Crippen LogP contribution in [0.4, 0.5) is 0 Å². The smallest absolute Gasteiger partial charge is 0.330 e. The standard InChI is InChI=1S/C36H54O6/c1-10-30(37)41-28-18-19-34(7)24-17-20-35(8)26(22(3)13-12-14-23(4)32(39)40)21-29(42-31(38)11-2)36(35,9)25(24)15-16-27(34)33(28,5)6/h14-15,17,22,26-29H,10-13,16,18-21H2,1-9H3,(H,39,40)/b23-14+/t22-,26-,27+,28+,29+,34-,35-,36-/m1/s1. The molecule has 4 aliphatic rings. The molecule has 42 heavy (non-hydrogen) atoms. The maximum absolute atomic E-state index is 12.8. The highest BCUT2D eigenvalue weighted by atomic mass is 16.5. The van der Waals surface area contributed by atoms with Crippen LogP contribution < -0.4 is 0 Å². The third-order valence-corrected chi connectivity index (χ3v) is 12.5. The van der Waals surface area contributed by atoms with Gasteiger partial charge in [0.25, 0.3) is 0 Å². The zero-order chi connectivity index (χ0) is 31.3. The number of fused-ring (bicyclic) bond motifs is 5. The van der Waals surface area contributed by atoms with E-state index in [-0.39, 0.29) is 45.8 Å². The average Bonchev–Trinajstić information content (AvgIpc) is 3.16. The van der Waals surface area contributed by atoms with Crippen LogP contribution in [0.2, 0.25) is 0 Å². The van der Waals surface area contributed by atoms with Crippen LogP contribution in [0.5, 0.6) is 0 Å². The summed E-state index contributed by atoms with van der Waals surface area (Å²) in [5, 5.41) is 9.29. The first-order valence-corrected chi connectivity index (χ1v) is 16.3. The summed E-state index contributed by atoms with van der Waals surface area (Å²) in [5.74, 6) is -0.107. The van der Waals surface area contributed by atoms with Gasteiger partial charge in [-0.25, -0.2) is 4.79 Å². The Labute approximate surface area is 253 Å². The van der Waals surface area contributed by atoms with E-state index < -0.39 is 5.97 Å². The predicted octanol–water partition coefficient (Wildman–Crippen LogP) is 8.21. The van der Waals surface area contributed by atoms with Crippen LogP contribution in [-0.4, -0.2) is 35.2 Å². The zero-order valence-electron chi connectivity index (χ0n) is 27.5. The molecule has 0 aromatic heterocycles. The van der Waals surface area contributed by atoms with E-state index in [9.17, 15) is 19.5 Å². The van der Waals surface area contributed by atoms with Gasteiger partial charge in [0.05, 0.1) is 0 Å². The molecular weight excluding hydrogens is 528 g/mol. The van der Waals surface area contributed by atoms with Crippen LogP contribution in [0.15, 0.2) is 34.9 Å². The van der Waals surface area contributed by atoms with Crippen LogP contribution in [0.3, 0.4) is 0 Å². The first-order chi connectivity index (χ1) is 19.6. The SMILES string of the molecule is CCC(=O)O[C@H]1CC[C@]2(C)C3=CC[C@]4(C)[C@@H]([C@H](C)CC/C=C(\C)C(=O)O)C[C@H](OC(=O)CC)[C@@]4(C)C3=CC[C@H]2C1(C)C. The number of ether oxygens (including phenoxy) is 2. The van der Waals surface area contributed by atoms with Gasteiger partial charge in [0.2, 0.25) is 0 Å². The summed E-state index contributed by atoms with van der Waals surface area (Å²) in [4.78, 5) is 36.4. The number of carbonyl (C=O) groups is 3. The van der Waals surface area contributed by atoms with Gasteiger partial charge in [-0.15, -0.1) is 0 Å². The van der Waals surface area contributed by atoms with Crippen molar-refractivity contribution in [1.29, 1.82) is 0 Å². The molecule has 0 aromatic carbocycles. The van der Waals surface area contributed by atoms with Gasteiger partial charge in [-0.2, -0.15) is 0 Å². The van der Waals surface area contributed by atoms with Gasteiger partial charge >= 0.3 is 17.9 Å². The van der Waals surface area contributed by atoms with Crippen molar-refractivity contribution in [2.45, 2.75) is 132 Å². The topological polar surface area (TPSA) is 89.9 Å². The highest BCUT2D eigenvalue weighted by Gasteiger charge is 2.67. The van der Waals surface area contributed by atoms with Crippen molar-refractivity contribution < 1.29 is 29.0 Å². The van der Waals surface area contributed by atoms with Crippen molar-refractivity contribution in [2.75, 3.05) is 0 Å². The van der Waals surface area contributed by atoms with Gasteiger partial charge < -0.3 is 14.6 Å². The van der Waals surface area contributed by atoms with Crippen LogP contribution in [0.1, 0.15) is 120 Å². The molecule has 4 aliphatic carbocycles. The normalized spacial score (nSPS) is 37.8. The quantitative estimate of drug-likeness (QED) is 0.218. The maximum atomic E-state index is 12.8. The monoisotopic (exact) mass is 582 g/mol. The van der Waals surface area contributed by atoms with E-state index in [1.807, 2.05) is 19.9 Å². The van der Waals surface area contributed by atoms with Crippen molar-refractivity contribution in [3.8, 4) is 0 Å². The van der Waals surface area contributed by atoms with E-state index in [1.165, 1.54) is 11.1 Å². The Hall–Kier alpha value is -2.37. The molecule has 8 atom stereocenters. The molecule has 234 valence electrons. The van der Waals surface area contributed by atoms with Crippen LogP contribution >= 0.6 is 0 Å². The lowest BCUT2D eigenvalue weighted by atomic mass is 9.44. The molecule has 0 amide bonds. The summed E-state index contributed by atoms with van der Waals surface area (Å²) in [5.41, 5.74) is 2.54. The molecule has 6 nitrogen and oxygen atoms in total. The zero-order valence-corrected chi connectivity index (χ0v) is 27.5. The Morgan fingerprint density at radius 2 is 1.62 bits per heavy atom. The van der Waals surface area contributed by atoms with E-state index in [0.29, 0.717) is 36.2 Å². The third kappa shape index (κ3) is 5.09. The molecule has 4 rings (SSSR count). The molecular formula is C36H54O6. The van der Waals surface area contributed by atoms with Crippen molar-refractivity contribution in [2.24, 2.45) is 39.4 Å². The van der Waals surface area contributed by atoms with Crippen molar-refractivity contribution in [3.63, 3.8) is 0 Å². The van der Waals surface area contributed by atoms with Gasteiger partial charge in [0.15, 0.2) is 0 Å². The van der Waals surface area contributed by atoms with Crippen molar-refractivity contribution >= 4 is 17.9 Å². The fourth-order valence-electron chi connectivity index (χ4n) is 9.61. The van der Waals surface area contributed by atoms with Crippen LogP contribution in [-0.2, 0) is 23.9 Å². The number of carbonyl (C=O) groups excluding carboxylic acids is 2. The molecule has 6 heteroatoms. The van der Waals surface area contributed by atoms with Gasteiger partial charge in [-0.3, -0.25) is 9.59 Å². The third-order valence-electron chi connectivity index (χ3n) is 12.5. The highest BCUT2D eigenvalue weighted by Crippen LogP contribution is 2.72. The second-order valence-corrected chi connectivity index (χ2v) is 14.9. The minimum atomic E-state index is -0.865. The molecule has 0 aliphatic heterocycles. The molecule has 1 N–H and O–H groups in total.